The maximum Gasteiger partial charge on any atom is 0.272 e. The first-order valence-corrected chi connectivity index (χ1v) is 14.1. The van der Waals surface area contributed by atoms with Crippen molar-refractivity contribution in [3.8, 4) is 0 Å². The van der Waals surface area contributed by atoms with Gasteiger partial charge in [0.25, 0.3) is 17.7 Å². The summed E-state index contributed by atoms with van der Waals surface area (Å²) in [5.41, 5.74) is 1.90. The van der Waals surface area contributed by atoms with Crippen molar-refractivity contribution in [3.05, 3.63) is 75.7 Å². The molecule has 1 aliphatic heterocycles. The molecule has 1 aromatic carbocycles. The lowest BCUT2D eigenvalue weighted by molar-refractivity contribution is -0.146. The summed E-state index contributed by atoms with van der Waals surface area (Å²) >= 11 is 0. The predicted molar refractivity (Wildman–Crippen MR) is 159 cm³/mol. The third-order valence-electron chi connectivity index (χ3n) is 7.45. The summed E-state index contributed by atoms with van der Waals surface area (Å²) < 4.78 is 1.72. The molecule has 0 saturated carbocycles. The van der Waals surface area contributed by atoms with Crippen LogP contribution in [0.4, 0.5) is 0 Å². The highest BCUT2D eigenvalue weighted by atomic mass is 16.2. The number of carbonyl (C=O) groups excluding carboxylic acids is 4. The summed E-state index contributed by atoms with van der Waals surface area (Å²) in [6.07, 6.45) is 2.13. The van der Waals surface area contributed by atoms with Gasteiger partial charge in [-0.25, -0.2) is 4.98 Å². The number of imide groups is 1. The Labute approximate surface area is 244 Å². The topological polar surface area (TPSA) is 143 Å². The minimum absolute atomic E-state index is 0.0272. The molecule has 220 valence electrons. The molecule has 3 heterocycles. The highest BCUT2D eigenvalue weighted by Crippen LogP contribution is 2.16. The van der Waals surface area contributed by atoms with E-state index < -0.39 is 41.1 Å². The highest BCUT2D eigenvalue weighted by Gasteiger charge is 2.36. The normalized spacial score (nSPS) is 15.2. The maximum atomic E-state index is 13.7. The van der Waals surface area contributed by atoms with Gasteiger partial charge >= 0.3 is 0 Å². The molecule has 11 nitrogen and oxygen atoms in total. The first kappa shape index (κ1) is 30.3. The fraction of sp³-hybridized carbons (Fsp3) is 0.387. The van der Waals surface area contributed by atoms with E-state index in [1.165, 1.54) is 6.20 Å². The summed E-state index contributed by atoms with van der Waals surface area (Å²) in [5, 5.41) is 10.7. The number of rotatable bonds is 10. The quantitative estimate of drug-likeness (QED) is 0.383. The predicted octanol–water partition coefficient (Wildman–Crippen LogP) is 2.73. The standard InChI is InChI=1S/C31H36N6O5/c1-6-18(3)26(34-29(40)23-17-36(7-2)28-22(27(23)39)14-13-19(4)32-28)30(41)33-24(16-21-11-9-8-10-12-21)31(42)37-25(38)15-20(5)35-37/h8-14,17-18,24,26H,6-7,15-16H2,1-5H3,(H,33,41)(H,34,40). The number of amides is 4. The fourth-order valence-electron chi connectivity index (χ4n) is 4.87. The average Bonchev–Trinajstić information content (AvgIpc) is 3.32. The van der Waals surface area contributed by atoms with Gasteiger partial charge in [-0.15, -0.1) is 0 Å². The lowest BCUT2D eigenvalue weighted by atomic mass is 9.96. The molecule has 0 bridgehead atoms. The Kier molecular flexibility index (Phi) is 9.29. The molecule has 0 fully saturated rings. The van der Waals surface area contributed by atoms with E-state index in [0.29, 0.717) is 29.7 Å². The molecule has 4 rings (SSSR count). The number of nitrogens with zero attached hydrogens (tertiary/aromatic N) is 4. The van der Waals surface area contributed by atoms with Crippen LogP contribution >= 0.6 is 0 Å². The molecule has 3 aromatic rings. The first-order chi connectivity index (χ1) is 20.0. The minimum atomic E-state index is -1.12. The van der Waals surface area contributed by atoms with E-state index in [-0.39, 0.29) is 24.3 Å². The number of aromatic nitrogens is 2. The SMILES string of the molecule is CCC(C)C(NC(=O)c1cn(CC)c2nc(C)ccc2c1=O)C(=O)NC(Cc1ccccc1)C(=O)N1N=C(C)CC1=O. The van der Waals surface area contributed by atoms with Crippen molar-refractivity contribution >= 4 is 40.4 Å². The molecule has 1 aliphatic rings. The smallest absolute Gasteiger partial charge is 0.272 e. The van der Waals surface area contributed by atoms with Crippen LogP contribution in [0, 0.1) is 12.8 Å². The van der Waals surface area contributed by atoms with Crippen molar-refractivity contribution in [2.45, 2.75) is 72.5 Å². The van der Waals surface area contributed by atoms with E-state index in [0.717, 1.165) is 16.3 Å². The van der Waals surface area contributed by atoms with Crippen molar-refractivity contribution in [1.29, 1.82) is 0 Å². The number of carbonyl (C=O) groups is 4. The molecule has 0 radical (unpaired) electrons. The molecular weight excluding hydrogens is 536 g/mol. The lowest BCUT2D eigenvalue weighted by Gasteiger charge is -2.27. The summed E-state index contributed by atoms with van der Waals surface area (Å²) in [4.78, 5) is 70.9. The van der Waals surface area contributed by atoms with Crippen molar-refractivity contribution in [2.24, 2.45) is 11.0 Å². The van der Waals surface area contributed by atoms with Crippen LogP contribution in [0.15, 0.2) is 58.6 Å². The van der Waals surface area contributed by atoms with Crippen molar-refractivity contribution in [1.82, 2.24) is 25.2 Å². The zero-order chi connectivity index (χ0) is 30.6. The van der Waals surface area contributed by atoms with Gasteiger partial charge in [0.2, 0.25) is 11.3 Å². The largest absolute Gasteiger partial charge is 0.342 e. The van der Waals surface area contributed by atoms with E-state index in [9.17, 15) is 24.0 Å². The lowest BCUT2D eigenvalue weighted by Crippen LogP contribution is -2.56. The van der Waals surface area contributed by atoms with Gasteiger partial charge in [-0.1, -0.05) is 50.6 Å². The molecule has 11 heteroatoms. The molecular formula is C31H36N6O5. The van der Waals surface area contributed by atoms with Crippen LogP contribution in [0.25, 0.3) is 11.0 Å². The van der Waals surface area contributed by atoms with E-state index >= 15 is 0 Å². The van der Waals surface area contributed by atoms with Gasteiger partial charge in [0.1, 0.15) is 23.3 Å². The number of benzene rings is 1. The highest BCUT2D eigenvalue weighted by molar-refractivity contribution is 6.11. The number of aryl methyl sites for hydroxylation is 2. The van der Waals surface area contributed by atoms with Crippen LogP contribution in [0.2, 0.25) is 0 Å². The third-order valence-corrected chi connectivity index (χ3v) is 7.45. The Morgan fingerprint density at radius 1 is 1.00 bits per heavy atom. The van der Waals surface area contributed by atoms with Crippen LogP contribution in [0.5, 0.6) is 0 Å². The summed E-state index contributed by atoms with van der Waals surface area (Å²) in [6, 6.07) is 10.3. The molecule has 3 unspecified atom stereocenters. The van der Waals surface area contributed by atoms with Gasteiger partial charge < -0.3 is 15.2 Å². The third kappa shape index (κ3) is 6.45. The fourth-order valence-corrected chi connectivity index (χ4v) is 4.87. The van der Waals surface area contributed by atoms with Gasteiger partial charge in [-0.2, -0.15) is 10.1 Å². The summed E-state index contributed by atoms with van der Waals surface area (Å²) in [5.74, 6) is -2.77. The van der Waals surface area contributed by atoms with Crippen LogP contribution in [-0.4, -0.2) is 56.0 Å². The number of hydrogen-bond acceptors (Lipinski definition) is 7. The Balaban J connectivity index is 1.63. The molecule has 0 saturated heterocycles. The Morgan fingerprint density at radius 3 is 2.33 bits per heavy atom. The molecule has 0 aliphatic carbocycles. The summed E-state index contributed by atoms with van der Waals surface area (Å²) in [6.45, 7) is 9.50. The zero-order valence-corrected chi connectivity index (χ0v) is 24.5. The second-order valence-electron chi connectivity index (χ2n) is 10.6. The second kappa shape index (κ2) is 12.9. The van der Waals surface area contributed by atoms with Crippen LogP contribution in [-0.2, 0) is 27.3 Å². The Hall–Kier alpha value is -4.67. The number of hydrogen-bond donors (Lipinski definition) is 2. The second-order valence-corrected chi connectivity index (χ2v) is 10.6. The number of fused-ring (bicyclic) bond motifs is 1. The van der Waals surface area contributed by atoms with E-state index in [1.807, 2.05) is 51.1 Å². The molecule has 2 N–H and O–H groups in total. The van der Waals surface area contributed by atoms with Crippen molar-refractivity contribution in [2.75, 3.05) is 0 Å². The zero-order valence-electron chi connectivity index (χ0n) is 24.5. The van der Waals surface area contributed by atoms with Crippen LogP contribution < -0.4 is 16.1 Å². The Bertz CT molecular complexity index is 1610. The number of pyridine rings is 2. The number of hydrazone groups is 1. The first-order valence-electron chi connectivity index (χ1n) is 14.1. The van der Waals surface area contributed by atoms with E-state index in [4.69, 9.17) is 0 Å². The minimum Gasteiger partial charge on any atom is -0.342 e. The van der Waals surface area contributed by atoms with Gasteiger partial charge in [-0.3, -0.25) is 24.0 Å². The molecule has 2 aromatic heterocycles. The van der Waals surface area contributed by atoms with Crippen LogP contribution in [0.3, 0.4) is 0 Å². The molecule has 3 atom stereocenters. The maximum absolute atomic E-state index is 13.7. The molecule has 0 spiro atoms. The van der Waals surface area contributed by atoms with Crippen LogP contribution in [0.1, 0.15) is 62.2 Å². The molecule has 4 amide bonds. The van der Waals surface area contributed by atoms with Gasteiger partial charge in [0, 0.05) is 30.6 Å². The van der Waals surface area contributed by atoms with Crippen molar-refractivity contribution < 1.29 is 19.2 Å². The van der Waals surface area contributed by atoms with Gasteiger partial charge in [0.05, 0.1) is 11.8 Å². The average molecular weight is 573 g/mol. The van der Waals surface area contributed by atoms with E-state index in [2.05, 4.69) is 20.7 Å². The van der Waals surface area contributed by atoms with Crippen molar-refractivity contribution in [3.63, 3.8) is 0 Å². The van der Waals surface area contributed by atoms with Gasteiger partial charge in [-0.05, 0) is 44.4 Å². The number of nitrogens with one attached hydrogen (secondary N) is 2. The summed E-state index contributed by atoms with van der Waals surface area (Å²) in [7, 11) is 0. The monoisotopic (exact) mass is 572 g/mol. The van der Waals surface area contributed by atoms with Gasteiger partial charge in [0.15, 0.2) is 0 Å². The van der Waals surface area contributed by atoms with E-state index in [1.54, 1.807) is 30.5 Å². The Morgan fingerprint density at radius 2 is 1.71 bits per heavy atom. The molecule has 42 heavy (non-hydrogen) atoms.